The predicted octanol–water partition coefficient (Wildman–Crippen LogP) is 3.13. The lowest BCUT2D eigenvalue weighted by Gasteiger charge is -2.30. The van der Waals surface area contributed by atoms with Gasteiger partial charge in [0, 0.05) is 0 Å². The van der Waals surface area contributed by atoms with Crippen molar-refractivity contribution >= 4 is 5.97 Å². The van der Waals surface area contributed by atoms with Gasteiger partial charge in [0.05, 0.1) is 12.5 Å². The van der Waals surface area contributed by atoms with Crippen LogP contribution in [0.3, 0.4) is 0 Å². The summed E-state index contributed by atoms with van der Waals surface area (Å²) < 4.78 is 43.0. The molecule has 3 nitrogen and oxygen atoms in total. The highest BCUT2D eigenvalue weighted by Crippen LogP contribution is 2.33. The number of halogens is 3. The van der Waals surface area contributed by atoms with E-state index < -0.39 is 29.5 Å². The number of carbonyl (C=O) groups excluding carboxylic acids is 1. The molecule has 0 heterocycles. The van der Waals surface area contributed by atoms with Crippen molar-refractivity contribution in [3.63, 3.8) is 0 Å². The molecule has 0 aliphatic carbocycles. The second-order valence-electron chi connectivity index (χ2n) is 6.46. The Kier molecular flexibility index (Phi) is 6.32. The van der Waals surface area contributed by atoms with Gasteiger partial charge in [-0.3, -0.25) is 4.79 Å². The first-order valence-corrected chi connectivity index (χ1v) is 6.33. The minimum atomic E-state index is -4.60. The third kappa shape index (κ3) is 7.40. The maximum absolute atomic E-state index is 12.7. The Balaban J connectivity index is 4.91. The van der Waals surface area contributed by atoms with Crippen molar-refractivity contribution in [1.29, 1.82) is 0 Å². The minimum absolute atomic E-state index is 0.0323. The summed E-state index contributed by atoms with van der Waals surface area (Å²) >= 11 is 0. The van der Waals surface area contributed by atoms with Gasteiger partial charge in [-0.05, 0) is 17.8 Å². The molecule has 2 atom stereocenters. The van der Waals surface area contributed by atoms with Crippen LogP contribution in [0.4, 0.5) is 13.2 Å². The van der Waals surface area contributed by atoms with E-state index in [-0.39, 0.29) is 18.9 Å². The Bertz CT molecular complexity index is 295. The van der Waals surface area contributed by atoms with Gasteiger partial charge in [-0.2, -0.15) is 13.2 Å². The van der Waals surface area contributed by atoms with Gasteiger partial charge in [0.25, 0.3) is 0 Å². The summed E-state index contributed by atoms with van der Waals surface area (Å²) in [7, 11) is 0. The van der Waals surface area contributed by atoms with Gasteiger partial charge in [-0.25, -0.2) is 0 Å². The van der Waals surface area contributed by atoms with Gasteiger partial charge in [0.1, 0.15) is 6.04 Å². The van der Waals surface area contributed by atoms with E-state index in [9.17, 15) is 18.0 Å². The molecule has 0 aromatic heterocycles. The molecule has 2 N–H and O–H groups in total. The van der Waals surface area contributed by atoms with Crippen molar-refractivity contribution in [1.82, 2.24) is 0 Å². The molecule has 0 radical (unpaired) electrons. The Labute approximate surface area is 112 Å². The molecule has 0 amide bonds. The lowest BCUT2D eigenvalue weighted by Crippen LogP contribution is -2.48. The van der Waals surface area contributed by atoms with E-state index in [0.29, 0.717) is 0 Å². The van der Waals surface area contributed by atoms with Gasteiger partial charge < -0.3 is 10.5 Å². The molecular weight excluding hydrogens is 259 g/mol. The standard InChI is InChI=1S/C13H24F3NO2/c1-8(2)7-19-11(18)9(6-12(3,4)5)10(17)13(14,15)16/h8-10H,6-7,17H2,1-5H3/t9-,10-/m0/s1. The first-order chi connectivity index (χ1) is 8.34. The molecule has 0 saturated carbocycles. The lowest BCUT2D eigenvalue weighted by molar-refractivity contribution is -0.179. The van der Waals surface area contributed by atoms with E-state index in [1.165, 1.54) is 0 Å². The van der Waals surface area contributed by atoms with Crippen LogP contribution in [0.1, 0.15) is 41.0 Å². The zero-order valence-corrected chi connectivity index (χ0v) is 12.2. The first-order valence-electron chi connectivity index (χ1n) is 6.33. The molecular formula is C13H24F3NO2. The Hall–Kier alpha value is -0.780. The second-order valence-corrected chi connectivity index (χ2v) is 6.46. The Morgan fingerprint density at radius 1 is 1.21 bits per heavy atom. The van der Waals surface area contributed by atoms with Crippen molar-refractivity contribution in [3.05, 3.63) is 0 Å². The predicted molar refractivity (Wildman–Crippen MR) is 67.4 cm³/mol. The monoisotopic (exact) mass is 283 g/mol. The topological polar surface area (TPSA) is 52.3 Å². The molecule has 0 aliphatic rings. The van der Waals surface area contributed by atoms with E-state index in [1.807, 2.05) is 13.8 Å². The first kappa shape index (κ1) is 18.2. The average Bonchev–Trinajstić information content (AvgIpc) is 2.18. The van der Waals surface area contributed by atoms with Crippen LogP contribution in [0, 0.1) is 17.3 Å². The summed E-state index contributed by atoms with van der Waals surface area (Å²) in [4.78, 5) is 11.8. The summed E-state index contributed by atoms with van der Waals surface area (Å²) in [6.07, 6.45) is -4.57. The number of rotatable bonds is 5. The highest BCUT2D eigenvalue weighted by molar-refractivity contribution is 5.73. The number of esters is 1. The lowest BCUT2D eigenvalue weighted by atomic mass is 9.81. The van der Waals surface area contributed by atoms with E-state index in [1.54, 1.807) is 20.8 Å². The molecule has 0 saturated heterocycles. The number of carbonyl (C=O) groups is 1. The number of nitrogens with two attached hydrogens (primary N) is 1. The van der Waals surface area contributed by atoms with Crippen LogP contribution < -0.4 is 5.73 Å². The fourth-order valence-corrected chi connectivity index (χ4v) is 1.60. The number of ether oxygens (including phenoxy) is 1. The van der Waals surface area contributed by atoms with Crippen LogP contribution >= 0.6 is 0 Å². The average molecular weight is 283 g/mol. The van der Waals surface area contributed by atoms with Gasteiger partial charge in [0.15, 0.2) is 0 Å². The van der Waals surface area contributed by atoms with Crippen molar-refractivity contribution in [3.8, 4) is 0 Å². The zero-order chi connectivity index (χ0) is 15.4. The van der Waals surface area contributed by atoms with E-state index in [0.717, 1.165) is 0 Å². The number of hydrogen-bond donors (Lipinski definition) is 1. The molecule has 0 spiro atoms. The van der Waals surface area contributed by atoms with E-state index in [4.69, 9.17) is 10.5 Å². The molecule has 0 fully saturated rings. The summed E-state index contributed by atoms with van der Waals surface area (Å²) in [5, 5.41) is 0. The van der Waals surface area contributed by atoms with Crippen LogP contribution in [0.15, 0.2) is 0 Å². The summed E-state index contributed by atoms with van der Waals surface area (Å²) in [6.45, 7) is 9.02. The maximum atomic E-state index is 12.7. The minimum Gasteiger partial charge on any atom is -0.465 e. The zero-order valence-electron chi connectivity index (χ0n) is 12.2. The van der Waals surface area contributed by atoms with Gasteiger partial charge in [0.2, 0.25) is 0 Å². The fraction of sp³-hybridized carbons (Fsp3) is 0.923. The van der Waals surface area contributed by atoms with Gasteiger partial charge in [-0.15, -0.1) is 0 Å². The van der Waals surface area contributed by atoms with Crippen molar-refractivity contribution in [2.24, 2.45) is 23.0 Å². The molecule has 0 aliphatic heterocycles. The van der Waals surface area contributed by atoms with Crippen molar-refractivity contribution < 1.29 is 22.7 Å². The SMILES string of the molecule is CC(C)COC(=O)[C@@H](CC(C)(C)C)[C@H](N)C(F)(F)F. The van der Waals surface area contributed by atoms with E-state index in [2.05, 4.69) is 0 Å². The van der Waals surface area contributed by atoms with Crippen LogP contribution in [-0.4, -0.2) is 24.8 Å². The number of alkyl halides is 3. The summed E-state index contributed by atoms with van der Waals surface area (Å²) in [5.74, 6) is -2.16. The second kappa shape index (κ2) is 6.59. The van der Waals surface area contributed by atoms with Crippen LogP contribution in [-0.2, 0) is 9.53 Å². The molecule has 114 valence electrons. The van der Waals surface area contributed by atoms with Crippen LogP contribution in [0.5, 0.6) is 0 Å². The molecule has 0 aromatic rings. The number of hydrogen-bond acceptors (Lipinski definition) is 3. The van der Waals surface area contributed by atoms with Gasteiger partial charge in [-0.1, -0.05) is 34.6 Å². The molecule has 0 aromatic carbocycles. The van der Waals surface area contributed by atoms with Crippen molar-refractivity contribution in [2.75, 3.05) is 6.61 Å². The van der Waals surface area contributed by atoms with Crippen LogP contribution in [0.25, 0.3) is 0 Å². The van der Waals surface area contributed by atoms with Crippen LogP contribution in [0.2, 0.25) is 0 Å². The quantitative estimate of drug-likeness (QED) is 0.789. The maximum Gasteiger partial charge on any atom is 0.404 e. The molecule has 0 unspecified atom stereocenters. The Morgan fingerprint density at radius 2 is 1.68 bits per heavy atom. The third-order valence-corrected chi connectivity index (χ3v) is 2.51. The summed E-state index contributed by atoms with van der Waals surface area (Å²) in [5.41, 5.74) is 4.74. The van der Waals surface area contributed by atoms with E-state index >= 15 is 0 Å². The third-order valence-electron chi connectivity index (χ3n) is 2.51. The molecule has 0 bridgehead atoms. The summed E-state index contributed by atoms with van der Waals surface area (Å²) in [6, 6.07) is -2.19. The molecule has 0 rings (SSSR count). The normalized spacial score (nSPS) is 16.3. The highest BCUT2D eigenvalue weighted by Gasteiger charge is 2.46. The molecule has 19 heavy (non-hydrogen) atoms. The van der Waals surface area contributed by atoms with Crippen molar-refractivity contribution in [2.45, 2.75) is 53.3 Å². The molecule has 6 heteroatoms. The fourth-order valence-electron chi connectivity index (χ4n) is 1.60. The Morgan fingerprint density at radius 3 is 2.00 bits per heavy atom. The largest absolute Gasteiger partial charge is 0.465 e. The van der Waals surface area contributed by atoms with Gasteiger partial charge >= 0.3 is 12.1 Å². The smallest absolute Gasteiger partial charge is 0.404 e. The highest BCUT2D eigenvalue weighted by atomic mass is 19.4.